The number of nitrogens with one attached hydrogen (secondary N) is 1. The molecule has 0 aliphatic heterocycles. The fourth-order valence-electron chi connectivity index (χ4n) is 1.46. The molecule has 0 spiro atoms. The molecule has 0 amide bonds. The lowest BCUT2D eigenvalue weighted by atomic mass is 10.3. The van der Waals surface area contributed by atoms with Gasteiger partial charge < -0.3 is 10.1 Å². The second-order valence-electron chi connectivity index (χ2n) is 3.90. The molecule has 1 N–H and O–H groups in total. The van der Waals surface area contributed by atoms with Gasteiger partial charge in [-0.2, -0.15) is 0 Å². The van der Waals surface area contributed by atoms with Crippen LogP contribution < -0.4 is 10.1 Å². The normalized spacial score (nSPS) is 10.3. The van der Waals surface area contributed by atoms with Crippen molar-refractivity contribution in [3.63, 3.8) is 0 Å². The summed E-state index contributed by atoms with van der Waals surface area (Å²) in [5, 5.41) is 3.02. The molecule has 1 aromatic heterocycles. The van der Waals surface area contributed by atoms with Crippen LogP contribution in [0.1, 0.15) is 5.69 Å². The van der Waals surface area contributed by atoms with Crippen LogP contribution in [-0.2, 0) is 0 Å². The van der Waals surface area contributed by atoms with Crippen LogP contribution >= 0.6 is 0 Å². The molecule has 6 heteroatoms. The van der Waals surface area contributed by atoms with Crippen molar-refractivity contribution < 1.29 is 13.5 Å². The zero-order valence-electron chi connectivity index (χ0n) is 10.4. The molecule has 0 fully saturated rings. The highest BCUT2D eigenvalue weighted by Crippen LogP contribution is 2.15. The summed E-state index contributed by atoms with van der Waals surface area (Å²) in [6, 6.07) is 3.43. The fraction of sp³-hybridized carbons (Fsp3) is 0.231. The van der Waals surface area contributed by atoms with E-state index in [2.05, 4.69) is 15.3 Å². The molecule has 0 atom stereocenters. The second-order valence-corrected chi connectivity index (χ2v) is 3.90. The minimum atomic E-state index is -0.921. The summed E-state index contributed by atoms with van der Waals surface area (Å²) in [7, 11) is 0. The third kappa shape index (κ3) is 3.87. The zero-order chi connectivity index (χ0) is 13.7. The first-order valence-electron chi connectivity index (χ1n) is 5.75. The molecule has 100 valence electrons. The maximum absolute atomic E-state index is 12.9. The summed E-state index contributed by atoms with van der Waals surface area (Å²) in [5.41, 5.74) is 0.812. The average Bonchev–Trinajstić information content (AvgIpc) is 2.39. The van der Waals surface area contributed by atoms with Crippen LogP contribution in [0.2, 0.25) is 0 Å². The quantitative estimate of drug-likeness (QED) is 0.844. The molecule has 2 aromatic rings. The molecule has 0 bridgehead atoms. The highest BCUT2D eigenvalue weighted by molar-refractivity contribution is 5.31. The van der Waals surface area contributed by atoms with E-state index in [0.717, 1.165) is 17.8 Å². The first-order chi connectivity index (χ1) is 9.15. The van der Waals surface area contributed by atoms with Gasteiger partial charge >= 0.3 is 0 Å². The van der Waals surface area contributed by atoms with Crippen LogP contribution in [0.25, 0.3) is 0 Å². The Bertz CT molecular complexity index is 563. The molecule has 0 aliphatic rings. The summed E-state index contributed by atoms with van der Waals surface area (Å²) >= 11 is 0. The molecule has 0 unspecified atom stereocenters. The third-order valence-electron chi connectivity index (χ3n) is 2.32. The van der Waals surface area contributed by atoms with E-state index in [1.54, 1.807) is 12.4 Å². The first-order valence-corrected chi connectivity index (χ1v) is 5.75. The highest BCUT2D eigenvalue weighted by Gasteiger charge is 2.03. The number of aryl methyl sites for hydroxylation is 1. The third-order valence-corrected chi connectivity index (χ3v) is 2.32. The van der Waals surface area contributed by atoms with Gasteiger partial charge in [0.05, 0.1) is 18.4 Å². The van der Waals surface area contributed by atoms with Crippen molar-refractivity contribution >= 4 is 5.82 Å². The number of ether oxygens (including phenoxy) is 1. The van der Waals surface area contributed by atoms with E-state index in [0.29, 0.717) is 19.0 Å². The Labute approximate surface area is 109 Å². The summed E-state index contributed by atoms with van der Waals surface area (Å²) in [4.78, 5) is 8.19. The SMILES string of the molecule is Cc1cncc(NCCOc2ccc(F)c(F)c2)n1. The van der Waals surface area contributed by atoms with Gasteiger partial charge in [-0.3, -0.25) is 4.98 Å². The maximum atomic E-state index is 12.9. The predicted octanol–water partition coefficient (Wildman–Crippen LogP) is 2.55. The van der Waals surface area contributed by atoms with Gasteiger partial charge in [-0.05, 0) is 19.1 Å². The molecule has 1 aromatic carbocycles. The van der Waals surface area contributed by atoms with E-state index in [4.69, 9.17) is 4.74 Å². The number of anilines is 1. The van der Waals surface area contributed by atoms with Crippen molar-refractivity contribution in [2.45, 2.75) is 6.92 Å². The first kappa shape index (κ1) is 13.2. The molecule has 2 rings (SSSR count). The lowest BCUT2D eigenvalue weighted by molar-refractivity contribution is 0.329. The van der Waals surface area contributed by atoms with Crippen molar-refractivity contribution in [2.75, 3.05) is 18.5 Å². The van der Waals surface area contributed by atoms with E-state index in [-0.39, 0.29) is 5.75 Å². The molecule has 0 saturated carbocycles. The van der Waals surface area contributed by atoms with Gasteiger partial charge in [0.15, 0.2) is 11.6 Å². The summed E-state index contributed by atoms with van der Waals surface area (Å²) in [6.45, 7) is 2.63. The summed E-state index contributed by atoms with van der Waals surface area (Å²) in [5.74, 6) is -0.875. The minimum absolute atomic E-state index is 0.288. The van der Waals surface area contributed by atoms with E-state index in [1.165, 1.54) is 6.07 Å². The Hall–Kier alpha value is -2.24. The lowest BCUT2D eigenvalue weighted by Gasteiger charge is -2.08. The number of halogens is 2. The lowest BCUT2D eigenvalue weighted by Crippen LogP contribution is -2.12. The molecular weight excluding hydrogens is 252 g/mol. The van der Waals surface area contributed by atoms with E-state index in [9.17, 15) is 8.78 Å². The van der Waals surface area contributed by atoms with Gasteiger partial charge in [-0.25, -0.2) is 13.8 Å². The Kier molecular flexibility index (Phi) is 4.22. The molecular formula is C13H13F2N3O. The Morgan fingerprint density at radius 2 is 2.05 bits per heavy atom. The van der Waals surface area contributed by atoms with Crippen molar-refractivity contribution in [3.8, 4) is 5.75 Å². The van der Waals surface area contributed by atoms with Crippen LogP contribution in [-0.4, -0.2) is 23.1 Å². The van der Waals surface area contributed by atoms with Crippen LogP contribution in [0.5, 0.6) is 5.75 Å². The minimum Gasteiger partial charge on any atom is -0.492 e. The number of hydrogen-bond acceptors (Lipinski definition) is 4. The van der Waals surface area contributed by atoms with Crippen molar-refractivity contribution in [3.05, 3.63) is 47.9 Å². The van der Waals surface area contributed by atoms with Gasteiger partial charge in [-0.1, -0.05) is 0 Å². The Morgan fingerprint density at radius 1 is 1.21 bits per heavy atom. The van der Waals surface area contributed by atoms with Crippen LogP contribution in [0, 0.1) is 18.6 Å². The van der Waals surface area contributed by atoms with Gasteiger partial charge in [0, 0.05) is 12.3 Å². The zero-order valence-corrected chi connectivity index (χ0v) is 10.4. The van der Waals surface area contributed by atoms with Crippen molar-refractivity contribution in [2.24, 2.45) is 0 Å². The number of nitrogens with zero attached hydrogens (tertiary/aromatic N) is 2. The molecule has 4 nitrogen and oxygen atoms in total. The van der Waals surface area contributed by atoms with Gasteiger partial charge in [-0.15, -0.1) is 0 Å². The smallest absolute Gasteiger partial charge is 0.162 e. The molecule has 0 saturated heterocycles. The monoisotopic (exact) mass is 265 g/mol. The summed E-state index contributed by atoms with van der Waals surface area (Å²) in [6.07, 6.45) is 3.26. The van der Waals surface area contributed by atoms with Crippen LogP contribution in [0.4, 0.5) is 14.6 Å². The summed E-state index contributed by atoms with van der Waals surface area (Å²) < 4.78 is 30.9. The number of benzene rings is 1. The van der Waals surface area contributed by atoms with Crippen LogP contribution in [0.3, 0.4) is 0 Å². The van der Waals surface area contributed by atoms with E-state index in [1.807, 2.05) is 6.92 Å². The highest BCUT2D eigenvalue weighted by atomic mass is 19.2. The number of aromatic nitrogens is 2. The molecule has 1 heterocycles. The van der Waals surface area contributed by atoms with E-state index >= 15 is 0 Å². The largest absolute Gasteiger partial charge is 0.492 e. The Morgan fingerprint density at radius 3 is 2.79 bits per heavy atom. The van der Waals surface area contributed by atoms with E-state index < -0.39 is 11.6 Å². The fourth-order valence-corrected chi connectivity index (χ4v) is 1.46. The van der Waals surface area contributed by atoms with Gasteiger partial charge in [0.25, 0.3) is 0 Å². The topological polar surface area (TPSA) is 47.0 Å². The van der Waals surface area contributed by atoms with Crippen molar-refractivity contribution in [1.29, 1.82) is 0 Å². The maximum Gasteiger partial charge on any atom is 0.162 e. The standard InChI is InChI=1S/C13H13F2N3O/c1-9-7-16-8-13(18-9)17-4-5-19-10-2-3-11(14)12(15)6-10/h2-3,6-8H,4-5H2,1H3,(H,17,18). The van der Waals surface area contributed by atoms with Gasteiger partial charge in [0.2, 0.25) is 0 Å². The predicted molar refractivity (Wildman–Crippen MR) is 67.1 cm³/mol. The van der Waals surface area contributed by atoms with Crippen molar-refractivity contribution in [1.82, 2.24) is 9.97 Å². The number of hydrogen-bond donors (Lipinski definition) is 1. The molecule has 0 radical (unpaired) electrons. The average molecular weight is 265 g/mol. The second kappa shape index (κ2) is 6.08. The number of rotatable bonds is 5. The molecule has 19 heavy (non-hydrogen) atoms. The van der Waals surface area contributed by atoms with Gasteiger partial charge in [0.1, 0.15) is 18.2 Å². The van der Waals surface area contributed by atoms with Crippen LogP contribution in [0.15, 0.2) is 30.6 Å². The Balaban J connectivity index is 1.79. The molecule has 0 aliphatic carbocycles.